The second-order valence-electron chi connectivity index (χ2n) is 6.30. The minimum Gasteiger partial charge on any atom is -0.446 e. The van der Waals surface area contributed by atoms with Crippen LogP contribution < -0.4 is 10.6 Å². The molecule has 0 aliphatic carbocycles. The van der Waals surface area contributed by atoms with Crippen molar-refractivity contribution in [3.05, 3.63) is 0 Å². The van der Waals surface area contributed by atoms with Gasteiger partial charge in [-0.15, -0.1) is 0 Å². The van der Waals surface area contributed by atoms with Crippen molar-refractivity contribution in [2.24, 2.45) is 0 Å². The number of nitrogens with one attached hydrogen (secondary N) is 2. The zero-order chi connectivity index (χ0) is 22.9. The average Bonchev–Trinajstić information content (AvgIpc) is 2.78. The summed E-state index contributed by atoms with van der Waals surface area (Å²) in [5.74, 6) is 0. The Hall–Kier alpha value is -1.23. The highest BCUT2D eigenvalue weighted by molar-refractivity contribution is 6.67. The number of rotatable bonds is 17. The van der Waals surface area contributed by atoms with Gasteiger partial charge in [-0.25, -0.2) is 9.59 Å². The van der Waals surface area contributed by atoms with Gasteiger partial charge in [0, 0.05) is 54.7 Å². The van der Waals surface area contributed by atoms with Gasteiger partial charge in [0.15, 0.2) is 0 Å². The topological polar surface area (TPSA) is 123 Å². The first kappa shape index (κ1) is 28.8. The molecular formula is C17H38N2O9Si2. The Morgan fingerprint density at radius 3 is 1.50 bits per heavy atom. The van der Waals surface area contributed by atoms with Crippen LogP contribution in [0.2, 0.25) is 18.1 Å². The van der Waals surface area contributed by atoms with E-state index < -0.39 is 29.6 Å². The van der Waals surface area contributed by atoms with Crippen LogP contribution >= 0.6 is 0 Å². The third-order valence-electron chi connectivity index (χ3n) is 4.70. The monoisotopic (exact) mass is 470 g/mol. The van der Waals surface area contributed by atoms with Crippen molar-refractivity contribution in [2.45, 2.75) is 37.9 Å². The third-order valence-corrected chi connectivity index (χ3v) is 11.2. The van der Waals surface area contributed by atoms with Crippen molar-refractivity contribution in [1.82, 2.24) is 10.6 Å². The second-order valence-corrected chi connectivity index (χ2v) is 13.2. The molecule has 0 aliphatic heterocycles. The van der Waals surface area contributed by atoms with E-state index in [4.69, 9.17) is 31.6 Å². The Bertz CT molecular complexity index is 420. The van der Waals surface area contributed by atoms with Gasteiger partial charge in [-0.3, -0.25) is 0 Å². The Labute approximate surface area is 181 Å². The van der Waals surface area contributed by atoms with Crippen LogP contribution in [0.3, 0.4) is 0 Å². The molecule has 0 aromatic carbocycles. The molecule has 11 nitrogen and oxygen atoms in total. The van der Waals surface area contributed by atoms with Gasteiger partial charge in [-0.05, 0) is 24.9 Å². The summed E-state index contributed by atoms with van der Waals surface area (Å²) in [5, 5.41) is 5.26. The molecule has 178 valence electrons. The minimum atomic E-state index is -2.63. The first-order valence-corrected chi connectivity index (χ1v) is 14.1. The van der Waals surface area contributed by atoms with E-state index in [2.05, 4.69) is 10.6 Å². The van der Waals surface area contributed by atoms with Crippen molar-refractivity contribution >= 4 is 29.6 Å². The van der Waals surface area contributed by atoms with Gasteiger partial charge >= 0.3 is 29.6 Å². The quantitative estimate of drug-likeness (QED) is 0.242. The van der Waals surface area contributed by atoms with Crippen LogP contribution in [0.25, 0.3) is 0 Å². The van der Waals surface area contributed by atoms with E-state index in [-0.39, 0.29) is 13.2 Å². The number of carbonyl (C=O) groups is 2. The number of carbonyl (C=O) groups excluding carboxylic acids is 2. The van der Waals surface area contributed by atoms with Gasteiger partial charge in [0.25, 0.3) is 0 Å². The van der Waals surface area contributed by atoms with Crippen LogP contribution in [0.5, 0.6) is 0 Å². The number of alkyl carbamates (subject to hydrolysis) is 2. The van der Waals surface area contributed by atoms with E-state index in [1.54, 1.807) is 14.2 Å². The standard InChI is InChI=1S/C17H38N2O9Si2/c1-7-29(22-2,23-3)14-8-10-18-16(20)27-12-13-28-17(21)19-11-9-15-30(24-4,25-5)26-6/h7-15H2,1-6H3,(H,18,20)(H,19,21). The normalized spacial score (nSPS) is 11.8. The van der Waals surface area contributed by atoms with Crippen LogP contribution in [0, 0.1) is 0 Å². The van der Waals surface area contributed by atoms with Crippen molar-refractivity contribution in [3.63, 3.8) is 0 Å². The summed E-state index contributed by atoms with van der Waals surface area (Å²) < 4.78 is 36.8. The maximum absolute atomic E-state index is 11.6. The molecule has 0 spiro atoms. The van der Waals surface area contributed by atoms with E-state index in [0.29, 0.717) is 25.6 Å². The largest absolute Gasteiger partial charge is 0.500 e. The smallest absolute Gasteiger partial charge is 0.446 e. The Morgan fingerprint density at radius 1 is 0.700 bits per heavy atom. The maximum atomic E-state index is 11.6. The highest BCUT2D eigenvalue weighted by Crippen LogP contribution is 2.18. The van der Waals surface area contributed by atoms with Crippen molar-refractivity contribution in [1.29, 1.82) is 0 Å². The third kappa shape index (κ3) is 11.2. The molecule has 0 fully saturated rings. The van der Waals surface area contributed by atoms with E-state index in [1.165, 1.54) is 21.3 Å². The number of amides is 2. The fourth-order valence-electron chi connectivity index (χ4n) is 2.72. The SMILES string of the molecule is CC[Si](CCCNC(=O)OCCOC(=O)NCCC[Si](OC)(OC)OC)(OC)OC. The molecule has 0 bridgehead atoms. The molecule has 0 aliphatic rings. The van der Waals surface area contributed by atoms with E-state index in [0.717, 1.165) is 18.5 Å². The Morgan fingerprint density at radius 2 is 1.13 bits per heavy atom. The highest BCUT2D eigenvalue weighted by Gasteiger charge is 2.36. The molecule has 0 aromatic rings. The van der Waals surface area contributed by atoms with Crippen molar-refractivity contribution in [2.75, 3.05) is 61.9 Å². The molecule has 0 radical (unpaired) electrons. The predicted molar refractivity (Wildman–Crippen MR) is 115 cm³/mol. The Balaban J connectivity index is 3.79. The zero-order valence-electron chi connectivity index (χ0n) is 19.0. The summed E-state index contributed by atoms with van der Waals surface area (Å²) in [6.07, 6.45) is 0.204. The lowest BCUT2D eigenvalue weighted by atomic mass is 10.5. The minimum absolute atomic E-state index is 0.0317. The summed E-state index contributed by atoms with van der Waals surface area (Å²) >= 11 is 0. The molecule has 13 heteroatoms. The maximum Gasteiger partial charge on any atom is 0.500 e. The number of hydrogen-bond donors (Lipinski definition) is 2. The van der Waals surface area contributed by atoms with Crippen LogP contribution in [0.1, 0.15) is 19.8 Å². The van der Waals surface area contributed by atoms with Crippen LogP contribution in [0.4, 0.5) is 9.59 Å². The van der Waals surface area contributed by atoms with Crippen LogP contribution in [0.15, 0.2) is 0 Å². The van der Waals surface area contributed by atoms with Crippen LogP contribution in [-0.2, 0) is 31.6 Å². The van der Waals surface area contributed by atoms with Gasteiger partial charge in [-0.2, -0.15) is 0 Å². The molecule has 2 N–H and O–H groups in total. The van der Waals surface area contributed by atoms with Gasteiger partial charge in [0.2, 0.25) is 0 Å². The molecule has 0 unspecified atom stereocenters. The lowest BCUT2D eigenvalue weighted by molar-refractivity contribution is 0.0954. The summed E-state index contributed by atoms with van der Waals surface area (Å²) in [6, 6.07) is 2.19. The summed E-state index contributed by atoms with van der Waals surface area (Å²) in [7, 11) is 3.16. The van der Waals surface area contributed by atoms with Gasteiger partial charge < -0.3 is 42.2 Å². The summed E-state index contributed by atoms with van der Waals surface area (Å²) in [6.45, 7) is 2.81. The summed E-state index contributed by atoms with van der Waals surface area (Å²) in [4.78, 5) is 23.3. The molecule has 2 amide bonds. The highest BCUT2D eigenvalue weighted by atomic mass is 28.4. The van der Waals surface area contributed by atoms with Crippen LogP contribution in [-0.4, -0.2) is 91.4 Å². The van der Waals surface area contributed by atoms with E-state index >= 15 is 0 Å². The van der Waals surface area contributed by atoms with E-state index in [1.807, 2.05) is 6.92 Å². The average molecular weight is 471 g/mol. The fraction of sp³-hybridized carbons (Fsp3) is 0.882. The number of hydrogen-bond acceptors (Lipinski definition) is 9. The lowest BCUT2D eigenvalue weighted by Gasteiger charge is -2.25. The Kier molecular flexibility index (Phi) is 15.8. The van der Waals surface area contributed by atoms with Gasteiger partial charge in [-0.1, -0.05) is 6.92 Å². The molecule has 0 rings (SSSR count). The molecule has 0 saturated heterocycles. The van der Waals surface area contributed by atoms with Gasteiger partial charge in [0.05, 0.1) is 0 Å². The van der Waals surface area contributed by atoms with E-state index in [9.17, 15) is 9.59 Å². The molecule has 0 aromatic heterocycles. The first-order valence-electron chi connectivity index (χ1n) is 9.93. The van der Waals surface area contributed by atoms with Crippen molar-refractivity contribution < 1.29 is 41.2 Å². The van der Waals surface area contributed by atoms with Crippen molar-refractivity contribution in [3.8, 4) is 0 Å². The first-order chi connectivity index (χ1) is 14.4. The molecule has 0 saturated carbocycles. The molecule has 30 heavy (non-hydrogen) atoms. The number of ether oxygens (including phenoxy) is 2. The second kappa shape index (κ2) is 16.5. The molecule has 0 heterocycles. The summed E-state index contributed by atoms with van der Waals surface area (Å²) in [5.41, 5.74) is 0. The molecule has 0 atom stereocenters. The van der Waals surface area contributed by atoms with Gasteiger partial charge in [0.1, 0.15) is 13.2 Å². The zero-order valence-corrected chi connectivity index (χ0v) is 21.0. The molecular weight excluding hydrogens is 432 g/mol. The lowest BCUT2D eigenvalue weighted by Crippen LogP contribution is -2.43. The fourth-order valence-corrected chi connectivity index (χ4v) is 6.67. The predicted octanol–water partition coefficient (Wildman–Crippen LogP) is 1.85.